The van der Waals surface area contributed by atoms with E-state index in [1.165, 1.54) is 33.4 Å². The van der Waals surface area contributed by atoms with Crippen LogP contribution < -0.4 is 23.7 Å². The average molecular weight is 577 g/mol. The molecule has 7 heteroatoms. The summed E-state index contributed by atoms with van der Waals surface area (Å²) in [4.78, 5) is 4.86. The average Bonchev–Trinajstić information content (AvgIpc) is 3.02. The summed E-state index contributed by atoms with van der Waals surface area (Å²) in [5, 5.41) is 0. The Morgan fingerprint density at radius 3 is 2.09 bits per heavy atom. The molecule has 7 nitrogen and oxygen atoms in total. The maximum Gasteiger partial charge on any atom is 0.212 e. The number of rotatable bonds is 2. The number of nitrogens with zero attached hydrogens (tertiary/aromatic N) is 2. The highest BCUT2D eigenvalue weighted by atomic mass is 16.6. The molecule has 0 fully saturated rings. The Balaban J connectivity index is 1.33. The fourth-order valence-electron chi connectivity index (χ4n) is 7.21. The Kier molecular flexibility index (Phi) is 6.28. The number of fused-ring (bicyclic) bond motifs is 2. The van der Waals surface area contributed by atoms with Crippen LogP contribution in [0.3, 0.4) is 0 Å². The lowest BCUT2D eigenvalue weighted by Crippen LogP contribution is -2.34. The van der Waals surface area contributed by atoms with E-state index in [4.69, 9.17) is 23.7 Å². The number of likely N-dealkylation sites (N-methyl/N-ethyl adjacent to an activating group) is 2. The van der Waals surface area contributed by atoms with Crippen molar-refractivity contribution in [3.05, 3.63) is 94.0 Å². The standard InChI is InChI=1S/C36H36N2O5/c1-37-13-11-23-18-31-32-20-26(23)27(37)16-22-7-10-29(39-3)30(17-22)41-25-8-5-21(6-9-25)15-28-34-24(12-14-38(28)2)19-33(40-4)35(42-31)36(34)43-32/h5-10,17-20,27-28H,11-16H2,1-4H3/t27-,28?/m1/s1. The van der Waals surface area contributed by atoms with Crippen molar-refractivity contribution >= 4 is 0 Å². The van der Waals surface area contributed by atoms with Crippen molar-refractivity contribution in [1.29, 1.82) is 0 Å². The third kappa shape index (κ3) is 4.41. The van der Waals surface area contributed by atoms with Crippen LogP contribution in [0, 0.1) is 0 Å². The third-order valence-corrected chi connectivity index (χ3v) is 9.64. The zero-order chi connectivity index (χ0) is 29.2. The maximum atomic E-state index is 6.91. The molecule has 2 atom stereocenters. The van der Waals surface area contributed by atoms with Gasteiger partial charge in [-0.25, -0.2) is 0 Å². The minimum Gasteiger partial charge on any atom is -0.493 e. The van der Waals surface area contributed by atoms with Gasteiger partial charge in [-0.05, 0) is 110 Å². The van der Waals surface area contributed by atoms with Gasteiger partial charge in [0.05, 0.1) is 14.2 Å². The molecule has 5 aliphatic rings. The van der Waals surface area contributed by atoms with Gasteiger partial charge in [0.25, 0.3) is 0 Å². The lowest BCUT2D eigenvalue weighted by Gasteiger charge is -2.39. The molecule has 220 valence electrons. The fourth-order valence-corrected chi connectivity index (χ4v) is 7.21. The quantitative estimate of drug-likeness (QED) is 0.219. The molecular weight excluding hydrogens is 540 g/mol. The second kappa shape index (κ2) is 10.2. The first-order valence-corrected chi connectivity index (χ1v) is 15.1. The molecule has 9 rings (SSSR count). The first-order chi connectivity index (χ1) is 21.0. The van der Waals surface area contributed by atoms with E-state index >= 15 is 0 Å². The molecule has 0 saturated heterocycles. The first kappa shape index (κ1) is 26.4. The van der Waals surface area contributed by atoms with Gasteiger partial charge in [0.2, 0.25) is 5.75 Å². The molecule has 0 aromatic heterocycles. The van der Waals surface area contributed by atoms with Gasteiger partial charge in [-0.15, -0.1) is 0 Å². The zero-order valence-corrected chi connectivity index (χ0v) is 25.1. The Morgan fingerprint density at radius 1 is 0.628 bits per heavy atom. The molecule has 43 heavy (non-hydrogen) atoms. The van der Waals surface area contributed by atoms with Crippen LogP contribution in [0.25, 0.3) is 0 Å². The molecule has 4 aromatic rings. The SMILES string of the molecule is COc1ccc2cc1Oc1ccc(cc1)CC1c3c(cc(OC)c4c3Oc3cc5c(cc3O4)CCN(C)[C@@H]5C2)CCN1C. The smallest absolute Gasteiger partial charge is 0.212 e. The molecule has 0 spiro atoms. The molecule has 0 aliphatic carbocycles. The van der Waals surface area contributed by atoms with Crippen LogP contribution in [0.1, 0.15) is 45.5 Å². The minimum absolute atomic E-state index is 0.118. The topological polar surface area (TPSA) is 52.6 Å². The van der Waals surface area contributed by atoms with Crippen LogP contribution >= 0.6 is 0 Å². The van der Waals surface area contributed by atoms with Crippen LogP contribution in [0.4, 0.5) is 0 Å². The summed E-state index contributed by atoms with van der Waals surface area (Å²) in [6.07, 6.45) is 3.53. The van der Waals surface area contributed by atoms with Crippen molar-refractivity contribution in [2.24, 2.45) is 0 Å². The highest BCUT2D eigenvalue weighted by molar-refractivity contribution is 5.67. The number of hydrogen-bond acceptors (Lipinski definition) is 7. The van der Waals surface area contributed by atoms with E-state index in [0.717, 1.165) is 79.0 Å². The van der Waals surface area contributed by atoms with E-state index in [9.17, 15) is 0 Å². The van der Waals surface area contributed by atoms with Crippen LogP contribution in [0.15, 0.2) is 60.7 Å². The van der Waals surface area contributed by atoms with Crippen LogP contribution in [-0.4, -0.2) is 51.2 Å². The van der Waals surface area contributed by atoms with Crippen molar-refractivity contribution < 1.29 is 23.7 Å². The van der Waals surface area contributed by atoms with Gasteiger partial charge in [-0.3, -0.25) is 9.80 Å². The van der Waals surface area contributed by atoms with Crippen molar-refractivity contribution in [2.75, 3.05) is 41.4 Å². The zero-order valence-electron chi connectivity index (χ0n) is 25.1. The minimum atomic E-state index is 0.118. The van der Waals surface area contributed by atoms with Gasteiger partial charge in [0, 0.05) is 30.7 Å². The second-order valence-electron chi connectivity index (χ2n) is 12.1. The van der Waals surface area contributed by atoms with Gasteiger partial charge in [0.1, 0.15) is 5.75 Å². The maximum absolute atomic E-state index is 6.91. The predicted octanol–water partition coefficient (Wildman–Crippen LogP) is 7.25. The van der Waals surface area contributed by atoms with E-state index in [2.05, 4.69) is 78.5 Å². The van der Waals surface area contributed by atoms with Gasteiger partial charge in [-0.2, -0.15) is 0 Å². The Bertz CT molecular complexity index is 1730. The predicted molar refractivity (Wildman–Crippen MR) is 165 cm³/mol. The molecular formula is C36H36N2O5. The molecule has 7 bridgehead atoms. The molecule has 4 aromatic carbocycles. The monoisotopic (exact) mass is 576 g/mol. The normalized spacial score (nSPS) is 20.4. The highest BCUT2D eigenvalue weighted by Crippen LogP contribution is 2.56. The van der Waals surface area contributed by atoms with Crippen molar-refractivity contribution in [1.82, 2.24) is 9.80 Å². The van der Waals surface area contributed by atoms with Crippen molar-refractivity contribution in [3.63, 3.8) is 0 Å². The lowest BCUT2D eigenvalue weighted by molar-refractivity contribution is 0.218. The van der Waals surface area contributed by atoms with Gasteiger partial charge in [-0.1, -0.05) is 18.2 Å². The molecule has 0 radical (unpaired) electrons. The van der Waals surface area contributed by atoms with Crippen LogP contribution in [0.5, 0.6) is 46.0 Å². The molecule has 5 heterocycles. The van der Waals surface area contributed by atoms with Gasteiger partial charge in [0.15, 0.2) is 34.5 Å². The molecule has 0 saturated carbocycles. The van der Waals surface area contributed by atoms with Crippen LogP contribution in [0.2, 0.25) is 0 Å². The van der Waals surface area contributed by atoms with Crippen LogP contribution in [-0.2, 0) is 25.7 Å². The highest BCUT2D eigenvalue weighted by Gasteiger charge is 2.37. The van der Waals surface area contributed by atoms with E-state index in [-0.39, 0.29) is 12.1 Å². The molecule has 0 amide bonds. The summed E-state index contributed by atoms with van der Waals surface area (Å²) < 4.78 is 31.6. The molecule has 5 aliphatic heterocycles. The summed E-state index contributed by atoms with van der Waals surface area (Å²) in [5.74, 6) is 5.91. The third-order valence-electron chi connectivity index (χ3n) is 9.64. The number of methoxy groups -OCH3 is 2. The van der Waals surface area contributed by atoms with E-state index < -0.39 is 0 Å². The Hall–Kier alpha value is -4.20. The second-order valence-corrected chi connectivity index (χ2v) is 12.1. The lowest BCUT2D eigenvalue weighted by atomic mass is 9.86. The molecule has 0 N–H and O–H groups in total. The summed E-state index contributed by atoms with van der Waals surface area (Å²) in [5.41, 5.74) is 7.41. The number of benzene rings is 4. The van der Waals surface area contributed by atoms with Gasteiger partial charge < -0.3 is 23.7 Å². The first-order valence-electron chi connectivity index (χ1n) is 15.1. The fraction of sp³-hybridized carbons (Fsp3) is 0.333. The van der Waals surface area contributed by atoms with E-state index in [1.807, 2.05) is 6.07 Å². The summed E-state index contributed by atoms with van der Waals surface area (Å²) in [6.45, 7) is 1.92. The summed E-state index contributed by atoms with van der Waals surface area (Å²) >= 11 is 0. The Morgan fingerprint density at radius 2 is 1.30 bits per heavy atom. The van der Waals surface area contributed by atoms with Crippen molar-refractivity contribution in [2.45, 2.75) is 37.8 Å². The Labute approximate surface area is 252 Å². The number of hydrogen-bond donors (Lipinski definition) is 0. The van der Waals surface area contributed by atoms with Crippen molar-refractivity contribution in [3.8, 4) is 46.0 Å². The summed E-state index contributed by atoms with van der Waals surface area (Å²) in [7, 11) is 7.80. The largest absolute Gasteiger partial charge is 0.493 e. The van der Waals surface area contributed by atoms with Gasteiger partial charge >= 0.3 is 0 Å². The molecule has 1 unspecified atom stereocenters. The van der Waals surface area contributed by atoms with E-state index in [1.54, 1.807) is 14.2 Å². The van der Waals surface area contributed by atoms with E-state index in [0.29, 0.717) is 5.75 Å². The summed E-state index contributed by atoms with van der Waals surface area (Å²) in [6, 6.07) is 21.5. The number of ether oxygens (including phenoxy) is 5.